The number of methoxy groups -OCH3 is 1. The number of nitrogens with zero attached hydrogens (tertiary/aromatic N) is 2. The molecule has 6 heteroatoms. The average Bonchev–Trinajstić information content (AvgIpc) is 2.82. The summed E-state index contributed by atoms with van der Waals surface area (Å²) in [7, 11) is 1.66. The van der Waals surface area contributed by atoms with Crippen molar-refractivity contribution < 1.29 is 14.2 Å². The van der Waals surface area contributed by atoms with Gasteiger partial charge in [-0.05, 0) is 63.4 Å². The Morgan fingerprint density at radius 1 is 1.13 bits per heavy atom. The van der Waals surface area contributed by atoms with Crippen LogP contribution in [0.4, 0.5) is 0 Å². The predicted molar refractivity (Wildman–Crippen MR) is 121 cm³/mol. The van der Waals surface area contributed by atoms with Crippen LogP contribution in [0.3, 0.4) is 0 Å². The maximum absolute atomic E-state index is 9.96. The number of rotatable bonds is 7. The van der Waals surface area contributed by atoms with Gasteiger partial charge in [0.25, 0.3) is 0 Å². The summed E-state index contributed by atoms with van der Waals surface area (Å²) in [5, 5.41) is 13.6. The van der Waals surface area contributed by atoms with E-state index in [1.807, 2.05) is 13.0 Å². The maximum atomic E-state index is 9.96. The number of fused-ring (bicyclic) bond motifs is 3. The van der Waals surface area contributed by atoms with Crippen LogP contribution in [-0.2, 0) is 4.74 Å². The van der Waals surface area contributed by atoms with Gasteiger partial charge < -0.3 is 19.5 Å². The normalized spacial score (nSPS) is 24.8. The van der Waals surface area contributed by atoms with E-state index in [-0.39, 0.29) is 0 Å². The van der Waals surface area contributed by atoms with Crippen LogP contribution < -0.4 is 14.8 Å². The van der Waals surface area contributed by atoms with Gasteiger partial charge in [-0.2, -0.15) is 5.26 Å². The van der Waals surface area contributed by atoms with Crippen molar-refractivity contribution in [1.29, 1.82) is 5.26 Å². The van der Waals surface area contributed by atoms with Crippen LogP contribution >= 0.6 is 0 Å². The number of nitriles is 1. The van der Waals surface area contributed by atoms with Gasteiger partial charge in [0.05, 0.1) is 19.4 Å². The van der Waals surface area contributed by atoms with Crippen LogP contribution in [0.5, 0.6) is 11.5 Å². The molecule has 1 saturated carbocycles. The Labute approximate surface area is 186 Å². The lowest BCUT2D eigenvalue weighted by atomic mass is 9.75. The Balaban J connectivity index is 1.65. The molecule has 2 atom stereocenters. The van der Waals surface area contributed by atoms with Crippen molar-refractivity contribution in [3.8, 4) is 17.6 Å². The number of piperidine rings is 1. The van der Waals surface area contributed by atoms with Gasteiger partial charge in [0.15, 0.2) is 11.5 Å². The van der Waals surface area contributed by atoms with E-state index >= 15 is 0 Å². The van der Waals surface area contributed by atoms with Gasteiger partial charge in [-0.1, -0.05) is 19.3 Å². The molecular weight excluding hydrogens is 390 g/mol. The second-order valence-electron chi connectivity index (χ2n) is 8.73. The Hall–Kier alpha value is -2.39. The lowest BCUT2D eigenvalue weighted by Crippen LogP contribution is -2.41. The monoisotopic (exact) mass is 425 g/mol. The van der Waals surface area contributed by atoms with Crippen LogP contribution in [0.1, 0.15) is 68.9 Å². The predicted octanol–water partition coefficient (Wildman–Crippen LogP) is 4.42. The van der Waals surface area contributed by atoms with Crippen LogP contribution in [0.15, 0.2) is 17.9 Å². The molecular formula is C25H35N3O3. The van der Waals surface area contributed by atoms with Crippen molar-refractivity contribution in [2.75, 3.05) is 40.0 Å². The third-order valence-corrected chi connectivity index (χ3v) is 6.83. The fourth-order valence-electron chi connectivity index (χ4n) is 5.27. The van der Waals surface area contributed by atoms with Crippen LogP contribution in [0, 0.1) is 11.3 Å². The Morgan fingerprint density at radius 3 is 2.68 bits per heavy atom. The minimum Gasteiger partial charge on any atom is -0.493 e. The minimum atomic E-state index is 0.327. The summed E-state index contributed by atoms with van der Waals surface area (Å²) < 4.78 is 17.5. The molecule has 2 heterocycles. The van der Waals surface area contributed by atoms with Gasteiger partial charge in [0.1, 0.15) is 12.7 Å². The van der Waals surface area contributed by atoms with Crippen molar-refractivity contribution >= 4 is 5.70 Å². The maximum Gasteiger partial charge on any atom is 0.221 e. The summed E-state index contributed by atoms with van der Waals surface area (Å²) in [5.74, 6) is 2.28. The molecule has 1 saturated heterocycles. The Morgan fingerprint density at radius 2 is 1.94 bits per heavy atom. The smallest absolute Gasteiger partial charge is 0.221 e. The summed E-state index contributed by atoms with van der Waals surface area (Å²) in [5.41, 5.74) is 3.06. The molecule has 6 nitrogen and oxygen atoms in total. The molecule has 0 spiro atoms. The van der Waals surface area contributed by atoms with Crippen molar-refractivity contribution in [3.05, 3.63) is 29.0 Å². The molecule has 4 rings (SSSR count). The van der Waals surface area contributed by atoms with E-state index in [9.17, 15) is 5.26 Å². The highest BCUT2D eigenvalue weighted by Crippen LogP contribution is 2.45. The van der Waals surface area contributed by atoms with Crippen molar-refractivity contribution in [2.24, 2.45) is 0 Å². The second kappa shape index (κ2) is 10.3. The minimum absolute atomic E-state index is 0.327. The molecule has 31 heavy (non-hydrogen) atoms. The summed E-state index contributed by atoms with van der Waals surface area (Å²) in [4.78, 5) is 2.43. The van der Waals surface area contributed by atoms with Gasteiger partial charge >= 0.3 is 0 Å². The van der Waals surface area contributed by atoms with Crippen molar-refractivity contribution in [1.82, 2.24) is 10.2 Å². The zero-order chi connectivity index (χ0) is 21.6. The molecule has 0 aromatic heterocycles. The molecule has 0 amide bonds. The number of nitrogens with one attached hydrogen (secondary N) is 1. The summed E-state index contributed by atoms with van der Waals surface area (Å²) >= 11 is 0. The average molecular weight is 426 g/mol. The molecule has 0 radical (unpaired) electrons. The first-order valence-electron chi connectivity index (χ1n) is 11.9. The number of likely N-dealkylation sites (tertiary alicyclic amines) is 1. The second-order valence-corrected chi connectivity index (χ2v) is 8.73. The van der Waals surface area contributed by atoms with Crippen LogP contribution in [0.2, 0.25) is 0 Å². The van der Waals surface area contributed by atoms with E-state index < -0.39 is 0 Å². The third-order valence-electron chi connectivity index (χ3n) is 6.83. The number of ether oxygens (including phenoxy) is 3. The molecule has 1 aromatic carbocycles. The van der Waals surface area contributed by atoms with Gasteiger partial charge in [-0.3, -0.25) is 4.90 Å². The fourth-order valence-corrected chi connectivity index (χ4v) is 5.27. The van der Waals surface area contributed by atoms with Crippen LogP contribution in [0.25, 0.3) is 5.70 Å². The highest BCUT2D eigenvalue weighted by atomic mass is 16.5. The quantitative estimate of drug-likeness (QED) is 0.515. The Bertz CT molecular complexity index is 839. The topological polar surface area (TPSA) is 66.8 Å². The van der Waals surface area contributed by atoms with E-state index in [2.05, 4.69) is 22.4 Å². The summed E-state index contributed by atoms with van der Waals surface area (Å²) in [6, 6.07) is 6.80. The lowest BCUT2D eigenvalue weighted by molar-refractivity contribution is 0.149. The van der Waals surface area contributed by atoms with E-state index in [0.29, 0.717) is 36.7 Å². The standard InChI is InChI=1S/C25H35N3O3/c1-3-30-23-15-19-18-9-5-6-10-21(18)27-25(20(19)16-22(23)29-2)24(17-26)31-14-13-28-11-7-4-8-12-28/h15-16,18,21,27H,3-14H2,1-2H3/b25-24-. The first-order chi connectivity index (χ1) is 15.2. The van der Waals surface area contributed by atoms with Crippen molar-refractivity contribution in [2.45, 2.75) is 63.8 Å². The molecule has 1 aliphatic carbocycles. The number of allylic oxidation sites excluding steroid dienone is 1. The Kier molecular flexibility index (Phi) is 7.24. The first-order valence-corrected chi connectivity index (χ1v) is 11.9. The van der Waals surface area contributed by atoms with Gasteiger partial charge in [-0.25, -0.2) is 0 Å². The SMILES string of the molecule is CCOc1cc2c(cc1OC)/C(=C(\C#N)OCCN1CCCCC1)NC1CCCCC21. The van der Waals surface area contributed by atoms with Gasteiger partial charge in [0, 0.05) is 24.1 Å². The largest absolute Gasteiger partial charge is 0.493 e. The van der Waals surface area contributed by atoms with Gasteiger partial charge in [-0.15, -0.1) is 0 Å². The molecule has 2 unspecified atom stereocenters. The van der Waals surface area contributed by atoms with E-state index in [4.69, 9.17) is 14.2 Å². The molecule has 3 aliphatic rings. The number of hydrogen-bond acceptors (Lipinski definition) is 6. The highest BCUT2D eigenvalue weighted by Gasteiger charge is 2.36. The molecule has 168 valence electrons. The number of benzene rings is 1. The van der Waals surface area contributed by atoms with Crippen LogP contribution in [-0.4, -0.2) is 50.9 Å². The molecule has 2 fully saturated rings. The molecule has 1 aromatic rings. The highest BCUT2D eigenvalue weighted by molar-refractivity contribution is 5.76. The van der Waals surface area contributed by atoms with E-state index in [1.165, 1.54) is 37.7 Å². The molecule has 2 aliphatic heterocycles. The van der Waals surface area contributed by atoms with E-state index in [0.717, 1.165) is 49.5 Å². The first kappa shape index (κ1) is 21.8. The number of hydrogen-bond donors (Lipinski definition) is 1. The summed E-state index contributed by atoms with van der Waals surface area (Å²) in [6.45, 7) is 6.23. The zero-order valence-electron chi connectivity index (χ0n) is 18.9. The van der Waals surface area contributed by atoms with E-state index in [1.54, 1.807) is 7.11 Å². The van der Waals surface area contributed by atoms with Gasteiger partial charge in [0.2, 0.25) is 5.76 Å². The summed E-state index contributed by atoms with van der Waals surface area (Å²) in [6.07, 6.45) is 8.53. The zero-order valence-corrected chi connectivity index (χ0v) is 18.9. The lowest BCUT2D eigenvalue weighted by Gasteiger charge is -2.40. The third kappa shape index (κ3) is 4.77. The molecule has 0 bridgehead atoms. The fraction of sp³-hybridized carbons (Fsp3) is 0.640. The van der Waals surface area contributed by atoms with Crippen molar-refractivity contribution in [3.63, 3.8) is 0 Å². The molecule has 1 N–H and O–H groups in total.